The van der Waals surface area contributed by atoms with E-state index in [9.17, 15) is 35.9 Å². The van der Waals surface area contributed by atoms with Crippen LogP contribution in [0.15, 0.2) is 59.4 Å². The average molecular weight is 572 g/mol. The van der Waals surface area contributed by atoms with E-state index in [0.29, 0.717) is 25.7 Å². The highest BCUT2D eigenvalue weighted by Gasteiger charge is 2.58. The van der Waals surface area contributed by atoms with Gasteiger partial charge in [-0.05, 0) is 50.4 Å². The lowest BCUT2D eigenvalue weighted by Crippen LogP contribution is -2.44. The molecule has 0 aromatic heterocycles. The number of aliphatic hydroxyl groups is 2. The molecule has 1 spiro atoms. The summed E-state index contributed by atoms with van der Waals surface area (Å²) in [5.74, 6) is -9.51. The lowest BCUT2D eigenvalue weighted by atomic mass is 9.69. The van der Waals surface area contributed by atoms with Crippen LogP contribution in [0.5, 0.6) is 0 Å². The normalized spacial score (nSPS) is 41.7. The number of hydrogen-bond donors (Lipinski definition) is 3. The number of rotatable bonds is 2. The molecule has 0 amide bonds. The summed E-state index contributed by atoms with van der Waals surface area (Å²) in [6.45, 7) is 5.65. The standard InChI is InChI=1S/C31H38O8S/c1-17-10-8-9-13-21(32)12-7-5-4-6-11-20-14-18(2)19(3)15-31(20)28(35)24(30(38)39-31)25(33)22-16-40-27(23(17)22)26(34)29(36)37/h4-9,14,17,19-23,27,32,35H,10-13,15-16H2,1-3H3,(H,36,37)/b6-4+,7-5-,9-8+/t17?,19?,20?,21?,22-,23-,27+,31?/m1/s1/i22D. The number of aliphatic carboxylic acids is 1. The molecule has 1 fully saturated rings. The number of carboxylic acid groups (broad SMARTS) is 1. The van der Waals surface area contributed by atoms with Gasteiger partial charge in [0.2, 0.25) is 0 Å². The van der Waals surface area contributed by atoms with Crippen molar-refractivity contribution in [3.63, 3.8) is 0 Å². The zero-order valence-corrected chi connectivity index (χ0v) is 23.9. The molecule has 3 N–H and O–H groups in total. The second kappa shape index (κ2) is 12.3. The van der Waals surface area contributed by atoms with Crippen molar-refractivity contribution in [1.29, 1.82) is 0 Å². The topological polar surface area (TPSA) is 138 Å². The van der Waals surface area contributed by atoms with Crippen molar-refractivity contribution < 1.29 is 40.6 Å². The maximum atomic E-state index is 14.1. The molecule has 2 aliphatic carbocycles. The Bertz CT molecular complexity index is 1260. The highest BCUT2D eigenvalue weighted by molar-refractivity contribution is 8.01. The minimum Gasteiger partial charge on any atom is -0.507 e. The van der Waals surface area contributed by atoms with Gasteiger partial charge >= 0.3 is 11.9 Å². The molecule has 0 saturated carbocycles. The lowest BCUT2D eigenvalue weighted by Gasteiger charge is -2.40. The number of ketones is 2. The van der Waals surface area contributed by atoms with Crippen molar-refractivity contribution in [2.45, 2.75) is 69.8 Å². The summed E-state index contributed by atoms with van der Waals surface area (Å²) < 4.78 is 15.2. The first-order valence-electron chi connectivity index (χ1n) is 14.3. The molecule has 2 aliphatic heterocycles. The Hall–Kier alpha value is -2.91. The Morgan fingerprint density at radius 2 is 1.73 bits per heavy atom. The van der Waals surface area contributed by atoms with E-state index in [0.717, 1.165) is 17.3 Å². The second-order valence-corrected chi connectivity index (χ2v) is 12.4. The first-order chi connectivity index (χ1) is 19.3. The van der Waals surface area contributed by atoms with Gasteiger partial charge in [0.15, 0.2) is 17.1 Å². The number of esters is 1. The van der Waals surface area contributed by atoms with E-state index in [-0.39, 0.29) is 18.1 Å². The van der Waals surface area contributed by atoms with Crippen molar-refractivity contribution in [2.75, 3.05) is 5.75 Å². The zero-order valence-electron chi connectivity index (χ0n) is 24.0. The molecule has 0 radical (unpaired) electrons. The predicted octanol–water partition coefficient (Wildman–Crippen LogP) is 4.51. The number of carbonyl (C=O) groups is 4. The van der Waals surface area contributed by atoms with Crippen LogP contribution in [0.3, 0.4) is 0 Å². The summed E-state index contributed by atoms with van der Waals surface area (Å²) in [4.78, 5) is 51.9. The van der Waals surface area contributed by atoms with Crippen molar-refractivity contribution in [2.24, 2.45) is 29.6 Å². The molecule has 9 heteroatoms. The van der Waals surface area contributed by atoms with Crippen LogP contribution in [0.25, 0.3) is 0 Å². The number of carboxylic acids is 1. The fourth-order valence-electron chi connectivity index (χ4n) is 6.17. The number of fused-ring (bicyclic) bond motifs is 1. The average Bonchev–Trinajstić information content (AvgIpc) is 3.39. The lowest BCUT2D eigenvalue weighted by molar-refractivity contribution is -0.154. The van der Waals surface area contributed by atoms with Gasteiger partial charge in [0, 0.05) is 25.4 Å². The molecule has 40 heavy (non-hydrogen) atoms. The SMILES string of the molecule is [2H][C@@]12CS[C@H](C(=O)C(=O)O)[C@@H]1C(C)C/C=C/CC(O)C/C=C\C=C\CC1C=C(C)C(C)CC13OC(=O)C(=C3O)C2=O. The molecular formula is C31H38O8S. The molecule has 5 unspecified atom stereocenters. The van der Waals surface area contributed by atoms with E-state index in [2.05, 4.69) is 0 Å². The Kier molecular flexibility index (Phi) is 8.80. The predicted molar refractivity (Wildman–Crippen MR) is 151 cm³/mol. The van der Waals surface area contributed by atoms with Gasteiger partial charge in [0.05, 0.1) is 11.4 Å². The summed E-state index contributed by atoms with van der Waals surface area (Å²) in [6, 6.07) is 0. The zero-order chi connectivity index (χ0) is 30.1. The summed E-state index contributed by atoms with van der Waals surface area (Å²) in [6.07, 6.45) is 14.1. The van der Waals surface area contributed by atoms with Gasteiger partial charge in [-0.25, -0.2) is 9.59 Å². The van der Waals surface area contributed by atoms with Gasteiger partial charge in [-0.15, -0.1) is 11.8 Å². The van der Waals surface area contributed by atoms with E-state index >= 15 is 0 Å². The summed E-state index contributed by atoms with van der Waals surface area (Å²) in [5, 5.41) is 30.3. The maximum Gasteiger partial charge on any atom is 0.373 e. The Morgan fingerprint density at radius 3 is 2.42 bits per heavy atom. The van der Waals surface area contributed by atoms with Crippen molar-refractivity contribution >= 4 is 35.3 Å². The number of hydrogen-bond acceptors (Lipinski definition) is 8. The smallest absolute Gasteiger partial charge is 0.373 e. The molecule has 4 aliphatic rings. The largest absolute Gasteiger partial charge is 0.507 e. The van der Waals surface area contributed by atoms with E-state index < -0.39 is 75.4 Å². The maximum absolute atomic E-state index is 14.1. The van der Waals surface area contributed by atoms with E-state index in [1.807, 2.05) is 44.2 Å². The third-order valence-electron chi connectivity index (χ3n) is 8.58. The monoisotopic (exact) mass is 571 g/mol. The minimum absolute atomic E-state index is 0.0493. The van der Waals surface area contributed by atoms with Crippen LogP contribution >= 0.6 is 11.8 Å². The first kappa shape index (κ1) is 28.6. The molecule has 4 rings (SSSR count). The summed E-state index contributed by atoms with van der Waals surface area (Å²) >= 11 is 0.921. The van der Waals surface area contributed by atoms with Gasteiger partial charge in [0.25, 0.3) is 5.78 Å². The third-order valence-corrected chi connectivity index (χ3v) is 9.92. The molecule has 8 atom stereocenters. The van der Waals surface area contributed by atoms with Crippen LogP contribution in [0.1, 0.15) is 54.2 Å². The fourth-order valence-corrected chi connectivity index (χ4v) is 7.75. The van der Waals surface area contributed by atoms with Crippen LogP contribution in [-0.4, -0.2) is 61.5 Å². The van der Waals surface area contributed by atoms with Gasteiger partial charge in [0.1, 0.15) is 5.57 Å². The molecular weight excluding hydrogens is 532 g/mol. The van der Waals surface area contributed by atoms with Crippen molar-refractivity contribution in [3.8, 4) is 0 Å². The number of ether oxygens (including phenoxy) is 1. The fraction of sp³-hybridized carbons (Fsp3) is 0.548. The van der Waals surface area contributed by atoms with E-state index in [4.69, 9.17) is 4.74 Å². The van der Waals surface area contributed by atoms with Gasteiger partial charge in [-0.2, -0.15) is 0 Å². The van der Waals surface area contributed by atoms with Crippen LogP contribution < -0.4 is 0 Å². The quantitative estimate of drug-likeness (QED) is 0.189. The van der Waals surface area contributed by atoms with Gasteiger partial charge in [-0.3, -0.25) is 9.59 Å². The molecule has 2 bridgehead atoms. The molecule has 1 saturated heterocycles. The molecule has 2 heterocycles. The number of aliphatic hydroxyl groups excluding tert-OH is 2. The van der Waals surface area contributed by atoms with E-state index in [1.165, 1.54) is 0 Å². The number of carbonyl (C=O) groups excluding carboxylic acids is 3. The highest BCUT2D eigenvalue weighted by atomic mass is 32.2. The third kappa shape index (κ3) is 5.77. The first-order valence-corrected chi connectivity index (χ1v) is 14.8. The van der Waals surface area contributed by atoms with Crippen molar-refractivity contribution in [1.82, 2.24) is 0 Å². The Balaban J connectivity index is 1.83. The number of Topliss-reactive ketones (excluding diaryl/α,β-unsaturated/α-hetero) is 2. The number of thioether (sulfide) groups is 1. The second-order valence-electron chi connectivity index (χ2n) is 11.3. The van der Waals surface area contributed by atoms with Crippen molar-refractivity contribution in [3.05, 3.63) is 59.4 Å². The molecule has 8 nitrogen and oxygen atoms in total. The van der Waals surface area contributed by atoms with Crippen LogP contribution in [-0.2, 0) is 23.9 Å². The molecule has 0 aromatic carbocycles. The van der Waals surface area contributed by atoms with Gasteiger partial charge in [-0.1, -0.05) is 62.0 Å². The minimum atomic E-state index is -2.05. The molecule has 216 valence electrons. The Morgan fingerprint density at radius 1 is 1.07 bits per heavy atom. The van der Waals surface area contributed by atoms with Gasteiger partial charge < -0.3 is 20.1 Å². The van der Waals surface area contributed by atoms with Crippen LogP contribution in [0.2, 0.25) is 0 Å². The van der Waals surface area contributed by atoms with Crippen LogP contribution in [0.4, 0.5) is 0 Å². The Labute approximate surface area is 240 Å². The highest BCUT2D eigenvalue weighted by Crippen LogP contribution is 2.51. The summed E-state index contributed by atoms with van der Waals surface area (Å²) in [7, 11) is 0. The van der Waals surface area contributed by atoms with Crippen LogP contribution in [0, 0.1) is 29.6 Å². The summed E-state index contributed by atoms with van der Waals surface area (Å²) in [5.41, 5.74) is -0.988. The van der Waals surface area contributed by atoms with E-state index in [1.54, 1.807) is 19.1 Å². The molecule has 0 aromatic rings. The number of allylic oxidation sites excluding steroid dienone is 5.